The lowest BCUT2D eigenvalue weighted by Crippen LogP contribution is -2.27. The monoisotopic (exact) mass is 263 g/mol. The van der Waals surface area contributed by atoms with Crippen molar-refractivity contribution in [1.29, 1.82) is 0 Å². The van der Waals surface area contributed by atoms with Gasteiger partial charge in [-0.25, -0.2) is 4.79 Å². The van der Waals surface area contributed by atoms with Crippen LogP contribution in [0.5, 0.6) is 0 Å². The van der Waals surface area contributed by atoms with Crippen LogP contribution < -0.4 is 5.32 Å². The molecule has 0 aromatic heterocycles. The Morgan fingerprint density at radius 3 is 2.95 bits per heavy atom. The van der Waals surface area contributed by atoms with Crippen molar-refractivity contribution >= 4 is 5.97 Å². The molecule has 2 unspecified atom stereocenters. The number of rotatable bonds is 5. The summed E-state index contributed by atoms with van der Waals surface area (Å²) in [5.74, 6) is 0.278. The van der Waals surface area contributed by atoms with E-state index < -0.39 is 0 Å². The number of carbonyl (C=O) groups excluding carboxylic acids is 1. The zero-order chi connectivity index (χ0) is 13.7. The molecule has 0 aliphatic carbocycles. The highest BCUT2D eigenvalue weighted by Gasteiger charge is 2.23. The first-order valence-electron chi connectivity index (χ1n) is 6.71. The summed E-state index contributed by atoms with van der Waals surface area (Å²) < 4.78 is 10.3. The number of esters is 1. The fourth-order valence-electron chi connectivity index (χ4n) is 2.42. The molecule has 0 spiro atoms. The minimum atomic E-state index is -0.282. The normalized spacial score (nSPS) is 22.4. The zero-order valence-corrected chi connectivity index (χ0v) is 11.5. The van der Waals surface area contributed by atoms with Gasteiger partial charge in [0.1, 0.15) is 0 Å². The van der Waals surface area contributed by atoms with Crippen molar-refractivity contribution in [3.8, 4) is 0 Å². The van der Waals surface area contributed by atoms with Gasteiger partial charge >= 0.3 is 5.97 Å². The molecule has 4 heteroatoms. The molecule has 1 aliphatic heterocycles. The Morgan fingerprint density at radius 2 is 2.26 bits per heavy atom. The second-order valence-electron chi connectivity index (χ2n) is 4.90. The number of hydrogen-bond acceptors (Lipinski definition) is 4. The van der Waals surface area contributed by atoms with Gasteiger partial charge < -0.3 is 14.8 Å². The van der Waals surface area contributed by atoms with Crippen LogP contribution in [0.3, 0.4) is 0 Å². The molecule has 19 heavy (non-hydrogen) atoms. The molecule has 1 heterocycles. The van der Waals surface area contributed by atoms with E-state index in [2.05, 4.69) is 12.2 Å². The van der Waals surface area contributed by atoms with E-state index in [1.165, 1.54) is 7.11 Å². The fourth-order valence-corrected chi connectivity index (χ4v) is 2.42. The fraction of sp³-hybridized carbons (Fsp3) is 0.533. The Balaban J connectivity index is 1.90. The predicted octanol–water partition coefficient (Wildman–Crippen LogP) is 1.99. The minimum absolute atomic E-state index is 0.282. The first-order valence-corrected chi connectivity index (χ1v) is 6.71. The van der Waals surface area contributed by atoms with Crippen LogP contribution in [0, 0.1) is 5.92 Å². The molecule has 0 amide bonds. The van der Waals surface area contributed by atoms with E-state index in [0.717, 1.165) is 25.1 Å². The Labute approximate surface area is 114 Å². The Morgan fingerprint density at radius 1 is 1.47 bits per heavy atom. The first-order chi connectivity index (χ1) is 9.22. The number of benzene rings is 1. The second-order valence-corrected chi connectivity index (χ2v) is 4.90. The molecule has 1 aromatic carbocycles. The van der Waals surface area contributed by atoms with Crippen molar-refractivity contribution in [3.05, 3.63) is 35.4 Å². The summed E-state index contributed by atoms with van der Waals surface area (Å²) in [5.41, 5.74) is 1.61. The topological polar surface area (TPSA) is 47.6 Å². The van der Waals surface area contributed by atoms with Crippen LogP contribution in [0.2, 0.25) is 0 Å². The van der Waals surface area contributed by atoms with E-state index in [-0.39, 0.29) is 5.97 Å². The molecule has 2 rings (SSSR count). The zero-order valence-electron chi connectivity index (χ0n) is 11.5. The molecular formula is C15H21NO3. The lowest BCUT2D eigenvalue weighted by atomic mass is 10.0. The number of nitrogens with one attached hydrogen (secondary N) is 1. The molecule has 0 bridgehead atoms. The van der Waals surface area contributed by atoms with Gasteiger partial charge in [0, 0.05) is 19.7 Å². The molecule has 4 nitrogen and oxygen atoms in total. The van der Waals surface area contributed by atoms with Gasteiger partial charge in [-0.15, -0.1) is 0 Å². The number of ether oxygens (including phenoxy) is 2. The Hall–Kier alpha value is -1.39. The van der Waals surface area contributed by atoms with E-state index in [1.54, 1.807) is 6.07 Å². The molecule has 2 atom stereocenters. The third kappa shape index (κ3) is 3.55. The lowest BCUT2D eigenvalue weighted by Gasteiger charge is -2.15. The van der Waals surface area contributed by atoms with E-state index in [4.69, 9.17) is 9.47 Å². The molecule has 1 aromatic rings. The summed E-state index contributed by atoms with van der Waals surface area (Å²) in [7, 11) is 1.41. The third-order valence-electron chi connectivity index (χ3n) is 3.68. The van der Waals surface area contributed by atoms with E-state index in [0.29, 0.717) is 24.1 Å². The summed E-state index contributed by atoms with van der Waals surface area (Å²) in [6, 6.07) is 7.53. The molecule has 0 saturated carbocycles. The predicted molar refractivity (Wildman–Crippen MR) is 73.0 cm³/mol. The highest BCUT2D eigenvalue weighted by atomic mass is 16.5. The highest BCUT2D eigenvalue weighted by Crippen LogP contribution is 2.19. The van der Waals surface area contributed by atoms with Crippen molar-refractivity contribution in [2.24, 2.45) is 5.92 Å². The standard InChI is InChI=1S/C15H21NO3/c1-11-12(7-8-19-11)9-16-10-13-5-3-4-6-14(13)15(17)18-2/h3-6,11-12,16H,7-10H2,1-2H3. The summed E-state index contributed by atoms with van der Waals surface area (Å²) >= 11 is 0. The van der Waals surface area contributed by atoms with Crippen molar-refractivity contribution in [2.75, 3.05) is 20.3 Å². The summed E-state index contributed by atoms with van der Waals surface area (Å²) in [6.45, 7) is 4.55. The molecule has 1 aliphatic rings. The van der Waals surface area contributed by atoms with Gasteiger partial charge in [0.15, 0.2) is 0 Å². The second kappa shape index (κ2) is 6.68. The molecule has 1 saturated heterocycles. The van der Waals surface area contributed by atoms with Crippen molar-refractivity contribution < 1.29 is 14.3 Å². The van der Waals surface area contributed by atoms with Crippen LogP contribution in [0.15, 0.2) is 24.3 Å². The van der Waals surface area contributed by atoms with Gasteiger partial charge in [-0.2, -0.15) is 0 Å². The maximum Gasteiger partial charge on any atom is 0.338 e. The molecule has 1 N–H and O–H groups in total. The van der Waals surface area contributed by atoms with Gasteiger partial charge in [-0.1, -0.05) is 18.2 Å². The van der Waals surface area contributed by atoms with Crippen LogP contribution in [0.25, 0.3) is 0 Å². The Bertz CT molecular complexity index is 433. The van der Waals surface area contributed by atoms with Gasteiger partial charge in [-0.3, -0.25) is 0 Å². The van der Waals surface area contributed by atoms with Crippen molar-refractivity contribution in [1.82, 2.24) is 5.32 Å². The molecule has 104 valence electrons. The van der Waals surface area contributed by atoms with Crippen molar-refractivity contribution in [3.63, 3.8) is 0 Å². The van der Waals surface area contributed by atoms with E-state index in [9.17, 15) is 4.79 Å². The summed E-state index contributed by atoms with van der Waals surface area (Å²) in [4.78, 5) is 11.6. The number of hydrogen-bond donors (Lipinski definition) is 1. The SMILES string of the molecule is COC(=O)c1ccccc1CNCC1CCOC1C. The quantitative estimate of drug-likeness (QED) is 0.825. The van der Waals surface area contributed by atoms with E-state index in [1.807, 2.05) is 18.2 Å². The lowest BCUT2D eigenvalue weighted by molar-refractivity contribution is 0.0599. The first kappa shape index (κ1) is 14.0. The largest absolute Gasteiger partial charge is 0.465 e. The van der Waals surface area contributed by atoms with E-state index >= 15 is 0 Å². The van der Waals surface area contributed by atoms with Crippen LogP contribution in [-0.2, 0) is 16.0 Å². The van der Waals surface area contributed by atoms with Crippen LogP contribution in [0.4, 0.5) is 0 Å². The maximum absolute atomic E-state index is 11.6. The van der Waals surface area contributed by atoms with Gasteiger partial charge in [0.05, 0.1) is 18.8 Å². The number of methoxy groups -OCH3 is 1. The Kier molecular flexibility index (Phi) is 4.93. The molecular weight excluding hydrogens is 242 g/mol. The van der Waals surface area contributed by atoms with Gasteiger partial charge in [0.2, 0.25) is 0 Å². The van der Waals surface area contributed by atoms with Crippen LogP contribution >= 0.6 is 0 Å². The average Bonchev–Trinajstić information content (AvgIpc) is 2.84. The summed E-state index contributed by atoms with van der Waals surface area (Å²) in [6.07, 6.45) is 1.43. The number of carbonyl (C=O) groups is 1. The average molecular weight is 263 g/mol. The highest BCUT2D eigenvalue weighted by molar-refractivity contribution is 5.90. The maximum atomic E-state index is 11.6. The van der Waals surface area contributed by atoms with Gasteiger partial charge in [-0.05, 0) is 30.9 Å². The van der Waals surface area contributed by atoms with Crippen molar-refractivity contribution in [2.45, 2.75) is 26.0 Å². The third-order valence-corrected chi connectivity index (χ3v) is 3.68. The molecule has 0 radical (unpaired) electrons. The smallest absolute Gasteiger partial charge is 0.338 e. The van der Waals surface area contributed by atoms with Crippen LogP contribution in [-0.4, -0.2) is 32.3 Å². The minimum Gasteiger partial charge on any atom is -0.465 e. The van der Waals surface area contributed by atoms with Crippen LogP contribution in [0.1, 0.15) is 29.3 Å². The van der Waals surface area contributed by atoms with Gasteiger partial charge in [0.25, 0.3) is 0 Å². The molecule has 1 fully saturated rings. The summed E-state index contributed by atoms with van der Waals surface area (Å²) in [5, 5.41) is 3.41.